The molecule has 1 nitrogen and oxygen atoms in total. The van der Waals surface area contributed by atoms with Gasteiger partial charge in [0.2, 0.25) is 0 Å². The zero-order chi connectivity index (χ0) is 13.6. The van der Waals surface area contributed by atoms with Crippen molar-refractivity contribution in [2.24, 2.45) is 11.3 Å². The Hall–Kier alpha value is -0.890. The van der Waals surface area contributed by atoms with Gasteiger partial charge in [-0.1, -0.05) is 27.7 Å². The minimum Gasteiger partial charge on any atom is -0.242 e. The molecule has 0 saturated heterocycles. The monoisotopic (exact) mass is 273 g/mol. The average molecular weight is 273 g/mol. The Bertz CT molecular complexity index is 603. The second-order valence-electron chi connectivity index (χ2n) is 6.86. The maximum Gasteiger partial charge on any atom is 0.123 e. The van der Waals surface area contributed by atoms with Crippen molar-refractivity contribution in [1.82, 2.24) is 4.98 Å². The molecule has 2 heterocycles. The van der Waals surface area contributed by atoms with Crippen LogP contribution in [0.4, 0.5) is 0 Å². The molecule has 0 saturated carbocycles. The number of nitrogens with zero attached hydrogens (tertiary/aromatic N) is 1. The van der Waals surface area contributed by atoms with Crippen LogP contribution < -0.4 is 0 Å². The van der Waals surface area contributed by atoms with E-state index in [0.717, 1.165) is 18.8 Å². The summed E-state index contributed by atoms with van der Waals surface area (Å²) in [6.45, 7) is 9.33. The molecule has 2 heteroatoms. The first-order valence-corrected chi connectivity index (χ1v) is 8.20. The van der Waals surface area contributed by atoms with Crippen molar-refractivity contribution in [3.63, 3.8) is 0 Å². The second-order valence-corrected chi connectivity index (χ2v) is 7.98. The minimum atomic E-state index is 0.413. The molecule has 0 spiro atoms. The van der Waals surface area contributed by atoms with E-state index >= 15 is 0 Å². The molecule has 102 valence electrons. The molecule has 0 N–H and O–H groups in total. The highest BCUT2D eigenvalue weighted by Crippen LogP contribution is 2.38. The summed E-state index contributed by atoms with van der Waals surface area (Å²) in [5, 5.41) is 1.36. The van der Waals surface area contributed by atoms with E-state index in [2.05, 4.69) is 39.8 Å². The molecule has 0 amide bonds. The molecule has 2 aromatic heterocycles. The molecule has 0 aromatic carbocycles. The van der Waals surface area contributed by atoms with Crippen molar-refractivity contribution in [2.45, 2.75) is 53.4 Å². The Morgan fingerprint density at radius 3 is 2.79 bits per heavy atom. The molecule has 1 unspecified atom stereocenters. The maximum absolute atomic E-state index is 4.92. The smallest absolute Gasteiger partial charge is 0.123 e. The average Bonchev–Trinajstić information content (AvgIpc) is 2.75. The van der Waals surface area contributed by atoms with Crippen molar-refractivity contribution < 1.29 is 0 Å². The number of rotatable bonds is 1. The first-order valence-electron chi connectivity index (χ1n) is 7.38. The summed E-state index contributed by atoms with van der Waals surface area (Å²) in [7, 11) is 0. The lowest BCUT2D eigenvalue weighted by molar-refractivity contribution is 0.215. The lowest BCUT2D eigenvalue weighted by atomic mass is 9.71. The van der Waals surface area contributed by atoms with Crippen molar-refractivity contribution in [2.75, 3.05) is 0 Å². The highest BCUT2D eigenvalue weighted by molar-refractivity contribution is 7.18. The molecule has 19 heavy (non-hydrogen) atoms. The molecular formula is C17H23NS. The van der Waals surface area contributed by atoms with Crippen LogP contribution >= 0.6 is 11.3 Å². The Morgan fingerprint density at radius 2 is 2.11 bits per heavy atom. The summed E-state index contributed by atoms with van der Waals surface area (Å²) in [5.74, 6) is 0.795. The Morgan fingerprint density at radius 1 is 1.32 bits per heavy atom. The van der Waals surface area contributed by atoms with Gasteiger partial charge in [-0.05, 0) is 54.7 Å². The lowest BCUT2D eigenvalue weighted by Crippen LogP contribution is -2.27. The molecular weight excluding hydrogens is 250 g/mol. The van der Waals surface area contributed by atoms with E-state index in [1.165, 1.54) is 39.2 Å². The van der Waals surface area contributed by atoms with Gasteiger partial charge < -0.3 is 0 Å². The van der Waals surface area contributed by atoms with Crippen LogP contribution in [0.3, 0.4) is 0 Å². The molecule has 0 radical (unpaired) electrons. The zero-order valence-corrected chi connectivity index (χ0v) is 13.2. The van der Waals surface area contributed by atoms with Gasteiger partial charge in [-0.2, -0.15) is 0 Å². The molecule has 3 rings (SSSR count). The van der Waals surface area contributed by atoms with Crippen LogP contribution in [-0.4, -0.2) is 4.98 Å². The number of thiophene rings is 1. The Labute approximate surface area is 120 Å². The van der Waals surface area contributed by atoms with Crippen LogP contribution in [0.5, 0.6) is 0 Å². The topological polar surface area (TPSA) is 12.9 Å². The Balaban J connectivity index is 2.00. The molecule has 2 aromatic rings. The predicted molar refractivity (Wildman–Crippen MR) is 84.0 cm³/mol. The normalized spacial score (nSPS) is 19.7. The van der Waals surface area contributed by atoms with Crippen molar-refractivity contribution in [3.8, 4) is 0 Å². The van der Waals surface area contributed by atoms with Crippen LogP contribution in [0.1, 0.15) is 50.3 Å². The third kappa shape index (κ3) is 2.43. The van der Waals surface area contributed by atoms with E-state index < -0.39 is 0 Å². The quantitative estimate of drug-likeness (QED) is 0.711. The van der Waals surface area contributed by atoms with Crippen LogP contribution in [0.2, 0.25) is 0 Å². The summed E-state index contributed by atoms with van der Waals surface area (Å²) in [6.07, 6.45) is 4.78. The molecule has 0 bridgehead atoms. The van der Waals surface area contributed by atoms with Gasteiger partial charge in [0.15, 0.2) is 0 Å². The standard InChI is InChI=1S/C17H23NS/c1-5-14-10-12-8-11-9-13(17(2,3)4)6-7-15(11)18-16(12)19-14/h8,10,13H,5-7,9H2,1-4H3. The van der Waals surface area contributed by atoms with Gasteiger partial charge in [0.1, 0.15) is 4.83 Å². The summed E-state index contributed by atoms with van der Waals surface area (Å²) in [4.78, 5) is 7.62. The van der Waals surface area contributed by atoms with Crippen LogP contribution in [0.15, 0.2) is 12.1 Å². The highest BCUT2D eigenvalue weighted by Gasteiger charge is 2.29. The SMILES string of the molecule is CCc1cc2cc3c(nc2s1)CCC(C(C)(C)C)C3. The Kier molecular flexibility index (Phi) is 3.17. The number of hydrogen-bond donors (Lipinski definition) is 0. The minimum absolute atomic E-state index is 0.413. The van der Waals surface area contributed by atoms with E-state index in [0.29, 0.717) is 5.41 Å². The summed E-state index contributed by atoms with van der Waals surface area (Å²) < 4.78 is 0. The van der Waals surface area contributed by atoms with Gasteiger partial charge in [0.05, 0.1) is 0 Å². The van der Waals surface area contributed by atoms with Gasteiger partial charge in [0, 0.05) is 16.0 Å². The van der Waals surface area contributed by atoms with E-state index in [1.54, 1.807) is 0 Å². The fourth-order valence-corrected chi connectivity index (χ4v) is 4.06. The molecule has 0 fully saturated rings. The zero-order valence-electron chi connectivity index (χ0n) is 12.4. The van der Waals surface area contributed by atoms with E-state index in [-0.39, 0.29) is 0 Å². The van der Waals surface area contributed by atoms with Gasteiger partial charge in [-0.15, -0.1) is 11.3 Å². The highest BCUT2D eigenvalue weighted by atomic mass is 32.1. The van der Waals surface area contributed by atoms with Crippen LogP contribution in [0.25, 0.3) is 10.2 Å². The molecule has 1 aliphatic carbocycles. The third-order valence-corrected chi connectivity index (χ3v) is 5.69. The fourth-order valence-electron chi connectivity index (χ4n) is 3.09. The number of aryl methyl sites for hydroxylation is 2. The molecule has 0 aliphatic heterocycles. The van der Waals surface area contributed by atoms with E-state index in [9.17, 15) is 0 Å². The van der Waals surface area contributed by atoms with Crippen molar-refractivity contribution in [1.29, 1.82) is 0 Å². The third-order valence-electron chi connectivity index (χ3n) is 4.50. The van der Waals surface area contributed by atoms with Gasteiger partial charge in [0.25, 0.3) is 0 Å². The number of fused-ring (bicyclic) bond motifs is 2. The summed E-state index contributed by atoms with van der Waals surface area (Å²) >= 11 is 1.87. The summed E-state index contributed by atoms with van der Waals surface area (Å²) in [5.41, 5.74) is 3.27. The van der Waals surface area contributed by atoms with E-state index in [4.69, 9.17) is 4.98 Å². The predicted octanol–water partition coefficient (Wildman–Crippen LogP) is 5.01. The van der Waals surface area contributed by atoms with Gasteiger partial charge >= 0.3 is 0 Å². The lowest BCUT2D eigenvalue weighted by Gasteiger charge is -2.34. The van der Waals surface area contributed by atoms with Crippen molar-refractivity contribution in [3.05, 3.63) is 28.3 Å². The number of pyridine rings is 1. The first-order chi connectivity index (χ1) is 8.97. The first kappa shape index (κ1) is 13.1. The van der Waals surface area contributed by atoms with E-state index in [1.807, 2.05) is 11.3 Å². The molecule has 1 atom stereocenters. The van der Waals surface area contributed by atoms with Gasteiger partial charge in [-0.3, -0.25) is 0 Å². The largest absolute Gasteiger partial charge is 0.242 e. The van der Waals surface area contributed by atoms with Crippen LogP contribution in [0, 0.1) is 11.3 Å². The maximum atomic E-state index is 4.92. The second kappa shape index (κ2) is 4.59. The number of hydrogen-bond acceptors (Lipinski definition) is 2. The fraction of sp³-hybridized carbons (Fsp3) is 0.588. The van der Waals surface area contributed by atoms with Crippen molar-refractivity contribution >= 4 is 21.6 Å². The van der Waals surface area contributed by atoms with Gasteiger partial charge in [-0.25, -0.2) is 4.98 Å². The molecule has 1 aliphatic rings. The number of aromatic nitrogens is 1. The summed E-state index contributed by atoms with van der Waals surface area (Å²) in [6, 6.07) is 4.74. The van der Waals surface area contributed by atoms with Crippen LogP contribution in [-0.2, 0) is 19.3 Å².